The number of phenols is 1. The second-order valence-electron chi connectivity index (χ2n) is 4.26. The van der Waals surface area contributed by atoms with Gasteiger partial charge in [0, 0.05) is 5.56 Å². The molecule has 0 saturated carbocycles. The summed E-state index contributed by atoms with van der Waals surface area (Å²) in [6.07, 6.45) is 4.08. The molecule has 0 spiro atoms. The van der Waals surface area contributed by atoms with E-state index >= 15 is 0 Å². The highest BCUT2D eigenvalue weighted by molar-refractivity contribution is 5.64. The van der Waals surface area contributed by atoms with Crippen molar-refractivity contribution in [2.45, 2.75) is 27.7 Å². The molecule has 1 rings (SSSR count). The summed E-state index contributed by atoms with van der Waals surface area (Å²) in [5.74, 6) is 0.335. The first-order chi connectivity index (χ1) is 6.99. The summed E-state index contributed by atoms with van der Waals surface area (Å²) in [6, 6.07) is 5.66. The number of allylic oxidation sites excluding steroid dienone is 2. The molecule has 0 aromatic heterocycles. The van der Waals surface area contributed by atoms with Crippen molar-refractivity contribution in [1.29, 1.82) is 0 Å². The number of hydrogen-bond donors (Lipinski definition) is 1. The Kier molecular flexibility index (Phi) is 3.73. The van der Waals surface area contributed by atoms with Crippen molar-refractivity contribution in [2.75, 3.05) is 0 Å². The maximum Gasteiger partial charge on any atom is 0.122 e. The third-order valence-corrected chi connectivity index (χ3v) is 1.95. The zero-order valence-corrected chi connectivity index (χ0v) is 9.83. The van der Waals surface area contributed by atoms with Gasteiger partial charge in [0.15, 0.2) is 0 Å². The van der Waals surface area contributed by atoms with Crippen LogP contribution in [0.4, 0.5) is 0 Å². The Balaban J connectivity index is 3.17. The van der Waals surface area contributed by atoms with Crippen LogP contribution in [-0.4, -0.2) is 5.11 Å². The van der Waals surface area contributed by atoms with E-state index in [1.54, 1.807) is 6.07 Å². The lowest BCUT2D eigenvalue weighted by atomic mass is 10.1. The van der Waals surface area contributed by atoms with Crippen LogP contribution in [0.3, 0.4) is 0 Å². The summed E-state index contributed by atoms with van der Waals surface area (Å²) in [6.45, 7) is 8.17. The van der Waals surface area contributed by atoms with Gasteiger partial charge in [0.05, 0.1) is 0 Å². The Hall–Kier alpha value is -1.50. The van der Waals surface area contributed by atoms with E-state index in [-0.39, 0.29) is 0 Å². The van der Waals surface area contributed by atoms with E-state index in [1.165, 1.54) is 11.1 Å². The normalized spacial score (nSPS) is 9.60. The number of rotatable bonds is 2. The SMILES string of the molecule is CC(C)=Cc1ccc(O)c(C=C(C)C)c1. The highest BCUT2D eigenvalue weighted by Crippen LogP contribution is 2.22. The smallest absolute Gasteiger partial charge is 0.122 e. The molecule has 0 bridgehead atoms. The van der Waals surface area contributed by atoms with Crippen LogP contribution in [0.25, 0.3) is 12.2 Å². The molecule has 1 N–H and O–H groups in total. The van der Waals surface area contributed by atoms with Crippen LogP contribution in [-0.2, 0) is 0 Å². The Morgan fingerprint density at radius 3 is 2.13 bits per heavy atom. The lowest BCUT2D eigenvalue weighted by molar-refractivity contribution is 0.474. The maximum absolute atomic E-state index is 9.65. The van der Waals surface area contributed by atoms with Gasteiger partial charge in [0.25, 0.3) is 0 Å². The van der Waals surface area contributed by atoms with Gasteiger partial charge in [0.2, 0.25) is 0 Å². The minimum atomic E-state index is 0.335. The Morgan fingerprint density at radius 2 is 1.60 bits per heavy atom. The summed E-state index contributed by atoms with van der Waals surface area (Å²) in [7, 11) is 0. The van der Waals surface area contributed by atoms with E-state index in [0.29, 0.717) is 5.75 Å². The van der Waals surface area contributed by atoms with Crippen molar-refractivity contribution in [1.82, 2.24) is 0 Å². The third-order valence-electron chi connectivity index (χ3n) is 1.95. The largest absolute Gasteiger partial charge is 0.507 e. The second-order valence-corrected chi connectivity index (χ2v) is 4.26. The number of benzene rings is 1. The van der Waals surface area contributed by atoms with Crippen LogP contribution in [0.15, 0.2) is 29.3 Å². The van der Waals surface area contributed by atoms with Crippen LogP contribution in [0.1, 0.15) is 38.8 Å². The van der Waals surface area contributed by atoms with Gasteiger partial charge in [-0.15, -0.1) is 0 Å². The molecule has 0 aliphatic rings. The van der Waals surface area contributed by atoms with Gasteiger partial charge in [0.1, 0.15) is 5.75 Å². The van der Waals surface area contributed by atoms with E-state index in [9.17, 15) is 5.11 Å². The molecule has 0 heterocycles. The molecule has 0 aliphatic carbocycles. The first-order valence-electron chi connectivity index (χ1n) is 5.12. The quantitative estimate of drug-likeness (QED) is 0.760. The molecule has 1 aromatic rings. The summed E-state index contributed by atoms with van der Waals surface area (Å²) in [5.41, 5.74) is 4.44. The lowest BCUT2D eigenvalue weighted by Gasteiger charge is -2.02. The highest BCUT2D eigenvalue weighted by Gasteiger charge is 1.98. The second kappa shape index (κ2) is 4.83. The molecule has 0 saturated heterocycles. The number of hydrogen-bond acceptors (Lipinski definition) is 1. The Morgan fingerprint density at radius 1 is 1.00 bits per heavy atom. The molecule has 0 radical (unpaired) electrons. The standard InChI is InChI=1S/C14H18O/c1-10(2)7-12-5-6-14(15)13(9-12)8-11(3)4/h5-9,15H,1-4H3. The number of phenolic OH excluding ortho intramolecular Hbond substituents is 1. The van der Waals surface area contributed by atoms with Gasteiger partial charge in [-0.3, -0.25) is 0 Å². The van der Waals surface area contributed by atoms with Gasteiger partial charge >= 0.3 is 0 Å². The van der Waals surface area contributed by atoms with Gasteiger partial charge < -0.3 is 5.11 Å². The predicted octanol–water partition coefficient (Wildman–Crippen LogP) is 4.24. The van der Waals surface area contributed by atoms with Crippen molar-refractivity contribution in [3.05, 3.63) is 40.5 Å². The van der Waals surface area contributed by atoms with Crippen molar-refractivity contribution >= 4 is 12.2 Å². The van der Waals surface area contributed by atoms with Gasteiger partial charge in [-0.25, -0.2) is 0 Å². The third kappa shape index (κ3) is 3.62. The molecular weight excluding hydrogens is 184 g/mol. The van der Waals surface area contributed by atoms with Crippen LogP contribution < -0.4 is 0 Å². The van der Waals surface area contributed by atoms with Crippen LogP contribution in [0.2, 0.25) is 0 Å². The fraction of sp³-hybridized carbons (Fsp3) is 0.286. The van der Waals surface area contributed by atoms with Gasteiger partial charge in [-0.1, -0.05) is 29.4 Å². The fourth-order valence-corrected chi connectivity index (χ4v) is 1.42. The molecule has 0 amide bonds. The van der Waals surface area contributed by atoms with E-state index < -0.39 is 0 Å². The molecule has 1 aromatic carbocycles. The molecule has 0 fully saturated rings. The molecule has 0 aliphatic heterocycles. The highest BCUT2D eigenvalue weighted by atomic mass is 16.3. The average Bonchev–Trinajstić information content (AvgIpc) is 2.09. The van der Waals surface area contributed by atoms with Crippen LogP contribution in [0, 0.1) is 0 Å². The summed E-state index contributed by atoms with van der Waals surface area (Å²) in [5, 5.41) is 9.65. The maximum atomic E-state index is 9.65. The minimum absolute atomic E-state index is 0.335. The first-order valence-corrected chi connectivity index (χ1v) is 5.12. The lowest BCUT2D eigenvalue weighted by Crippen LogP contribution is -1.80. The summed E-state index contributed by atoms with van der Waals surface area (Å²) < 4.78 is 0. The van der Waals surface area contributed by atoms with Gasteiger partial charge in [-0.2, -0.15) is 0 Å². The molecule has 1 nitrogen and oxygen atoms in total. The molecule has 1 heteroatoms. The minimum Gasteiger partial charge on any atom is -0.507 e. The van der Waals surface area contributed by atoms with E-state index in [2.05, 4.69) is 19.9 Å². The molecule has 0 unspecified atom stereocenters. The molecule has 80 valence electrons. The van der Waals surface area contributed by atoms with E-state index in [4.69, 9.17) is 0 Å². The fourth-order valence-electron chi connectivity index (χ4n) is 1.42. The molecule has 15 heavy (non-hydrogen) atoms. The van der Waals surface area contributed by atoms with Crippen molar-refractivity contribution < 1.29 is 5.11 Å². The van der Waals surface area contributed by atoms with Gasteiger partial charge in [-0.05, 0) is 45.4 Å². The molecular formula is C14H18O. The van der Waals surface area contributed by atoms with Crippen molar-refractivity contribution in [2.24, 2.45) is 0 Å². The average molecular weight is 202 g/mol. The first kappa shape index (κ1) is 11.6. The predicted molar refractivity (Wildman–Crippen MR) is 66.8 cm³/mol. The monoisotopic (exact) mass is 202 g/mol. The topological polar surface area (TPSA) is 20.2 Å². The van der Waals surface area contributed by atoms with Crippen LogP contribution in [0.5, 0.6) is 5.75 Å². The Bertz CT molecular complexity index is 403. The molecule has 0 atom stereocenters. The summed E-state index contributed by atoms with van der Waals surface area (Å²) in [4.78, 5) is 0. The zero-order chi connectivity index (χ0) is 11.4. The van der Waals surface area contributed by atoms with Crippen molar-refractivity contribution in [3.8, 4) is 5.75 Å². The van der Waals surface area contributed by atoms with Crippen LogP contribution >= 0.6 is 0 Å². The van der Waals surface area contributed by atoms with E-state index in [1.807, 2.05) is 32.1 Å². The Labute approximate surface area is 91.8 Å². The van der Waals surface area contributed by atoms with E-state index in [0.717, 1.165) is 11.1 Å². The van der Waals surface area contributed by atoms with Crippen molar-refractivity contribution in [3.63, 3.8) is 0 Å². The zero-order valence-electron chi connectivity index (χ0n) is 9.83. The summed E-state index contributed by atoms with van der Waals surface area (Å²) >= 11 is 0. The number of aromatic hydroxyl groups is 1.